The molecular formula is C23H28N4O3S. The van der Waals surface area contributed by atoms with Gasteiger partial charge in [-0.2, -0.15) is 5.10 Å². The van der Waals surface area contributed by atoms with E-state index in [1.807, 2.05) is 62.8 Å². The first-order chi connectivity index (χ1) is 14.9. The molecule has 2 aromatic heterocycles. The van der Waals surface area contributed by atoms with Crippen molar-refractivity contribution in [1.82, 2.24) is 19.1 Å². The van der Waals surface area contributed by atoms with E-state index in [0.29, 0.717) is 18.8 Å². The molecule has 0 saturated carbocycles. The topological polar surface area (TPSA) is 77.3 Å². The standard InChI is InChI=1S/C23H28N4O3S/c1-18-13-20(21-15-24-26(2)16-21)14-23(25-18)19-7-6-10-27(17-19)31(28,29)12-11-30-22-8-4-3-5-9-22/h3-5,8-9,13-16,19H,6-7,10-12,17H2,1-2H3. The first-order valence-electron chi connectivity index (χ1n) is 10.5. The molecule has 4 rings (SSSR count). The highest BCUT2D eigenvalue weighted by Gasteiger charge is 2.30. The monoisotopic (exact) mass is 440 g/mol. The van der Waals surface area contributed by atoms with Crippen molar-refractivity contribution in [2.45, 2.75) is 25.7 Å². The molecule has 0 N–H and O–H groups in total. The second-order valence-electron chi connectivity index (χ2n) is 8.00. The predicted octanol–water partition coefficient (Wildman–Crippen LogP) is 3.38. The van der Waals surface area contributed by atoms with Gasteiger partial charge in [0.1, 0.15) is 12.4 Å². The molecule has 1 aliphatic heterocycles. The van der Waals surface area contributed by atoms with Gasteiger partial charge in [-0.05, 0) is 49.6 Å². The van der Waals surface area contributed by atoms with E-state index in [4.69, 9.17) is 9.72 Å². The Labute approximate surface area is 183 Å². The Bertz CT molecular complexity index is 1130. The summed E-state index contributed by atoms with van der Waals surface area (Å²) in [6, 6.07) is 13.4. The first-order valence-corrected chi connectivity index (χ1v) is 12.1. The van der Waals surface area contributed by atoms with E-state index in [0.717, 1.165) is 35.4 Å². The Hall–Kier alpha value is -2.71. The molecule has 8 heteroatoms. The summed E-state index contributed by atoms with van der Waals surface area (Å²) in [5, 5.41) is 4.26. The molecule has 1 unspecified atom stereocenters. The highest BCUT2D eigenvalue weighted by atomic mass is 32.2. The van der Waals surface area contributed by atoms with Gasteiger partial charge in [0.15, 0.2) is 0 Å². The number of hydrogen-bond acceptors (Lipinski definition) is 5. The van der Waals surface area contributed by atoms with E-state index in [1.54, 1.807) is 8.99 Å². The van der Waals surface area contributed by atoms with Crippen LogP contribution in [0.5, 0.6) is 5.75 Å². The van der Waals surface area contributed by atoms with Crippen LogP contribution in [0.15, 0.2) is 54.9 Å². The summed E-state index contributed by atoms with van der Waals surface area (Å²) in [6.45, 7) is 3.12. The van der Waals surface area contributed by atoms with E-state index < -0.39 is 10.0 Å². The molecule has 1 saturated heterocycles. The number of piperidine rings is 1. The van der Waals surface area contributed by atoms with Gasteiger partial charge >= 0.3 is 0 Å². The first kappa shape index (κ1) is 21.5. The number of rotatable bonds is 7. The molecule has 0 aliphatic carbocycles. The number of sulfonamides is 1. The Balaban J connectivity index is 1.45. The van der Waals surface area contributed by atoms with Crippen molar-refractivity contribution < 1.29 is 13.2 Å². The van der Waals surface area contributed by atoms with Crippen LogP contribution in [-0.2, 0) is 17.1 Å². The van der Waals surface area contributed by atoms with Gasteiger partial charge in [-0.1, -0.05) is 18.2 Å². The fourth-order valence-corrected chi connectivity index (χ4v) is 5.35. The molecule has 0 bridgehead atoms. The van der Waals surface area contributed by atoms with Gasteiger partial charge in [-0.3, -0.25) is 9.67 Å². The number of para-hydroxylation sites is 1. The number of nitrogens with zero attached hydrogens (tertiary/aromatic N) is 4. The number of aryl methyl sites for hydroxylation is 2. The van der Waals surface area contributed by atoms with Gasteiger partial charge < -0.3 is 4.74 Å². The van der Waals surface area contributed by atoms with E-state index in [9.17, 15) is 8.42 Å². The van der Waals surface area contributed by atoms with Crippen LogP contribution < -0.4 is 4.74 Å². The van der Waals surface area contributed by atoms with Crippen molar-refractivity contribution in [2.24, 2.45) is 7.05 Å². The fraction of sp³-hybridized carbons (Fsp3) is 0.391. The maximum atomic E-state index is 12.9. The average Bonchev–Trinajstić information content (AvgIpc) is 3.20. The summed E-state index contributed by atoms with van der Waals surface area (Å²) < 4.78 is 34.8. The third-order valence-electron chi connectivity index (χ3n) is 5.56. The van der Waals surface area contributed by atoms with Crippen molar-refractivity contribution >= 4 is 10.0 Å². The van der Waals surface area contributed by atoms with Crippen molar-refractivity contribution in [3.63, 3.8) is 0 Å². The smallest absolute Gasteiger partial charge is 0.217 e. The zero-order valence-corrected chi connectivity index (χ0v) is 18.8. The third-order valence-corrected chi connectivity index (χ3v) is 7.36. The molecule has 1 aromatic carbocycles. The van der Waals surface area contributed by atoms with Gasteiger partial charge in [-0.15, -0.1) is 0 Å². The van der Waals surface area contributed by atoms with E-state index in [-0.39, 0.29) is 18.3 Å². The summed E-state index contributed by atoms with van der Waals surface area (Å²) in [6.07, 6.45) is 5.56. The molecule has 164 valence electrons. The minimum atomic E-state index is -3.40. The maximum absolute atomic E-state index is 12.9. The van der Waals surface area contributed by atoms with Crippen LogP contribution in [0, 0.1) is 6.92 Å². The lowest BCUT2D eigenvalue weighted by Gasteiger charge is -2.32. The summed E-state index contributed by atoms with van der Waals surface area (Å²) in [7, 11) is -1.50. The number of aromatic nitrogens is 3. The number of ether oxygens (including phenoxy) is 1. The quantitative estimate of drug-likeness (QED) is 0.563. The van der Waals surface area contributed by atoms with Crippen LogP contribution >= 0.6 is 0 Å². The summed E-state index contributed by atoms with van der Waals surface area (Å²) >= 11 is 0. The Kier molecular flexibility index (Phi) is 6.38. The molecule has 1 aliphatic rings. The van der Waals surface area contributed by atoms with Crippen LogP contribution in [-0.4, -0.2) is 52.9 Å². The summed E-state index contributed by atoms with van der Waals surface area (Å²) in [5.41, 5.74) is 3.96. The van der Waals surface area contributed by atoms with Crippen LogP contribution in [0.4, 0.5) is 0 Å². The normalized spacial score (nSPS) is 17.5. The minimum Gasteiger partial charge on any atom is -0.492 e. The second-order valence-corrected chi connectivity index (χ2v) is 10.1. The molecule has 1 atom stereocenters. The zero-order valence-electron chi connectivity index (χ0n) is 17.9. The lowest BCUT2D eigenvalue weighted by Crippen LogP contribution is -2.41. The number of pyridine rings is 1. The van der Waals surface area contributed by atoms with Crippen molar-refractivity contribution in [1.29, 1.82) is 0 Å². The van der Waals surface area contributed by atoms with Gasteiger partial charge in [-0.25, -0.2) is 12.7 Å². The summed E-state index contributed by atoms with van der Waals surface area (Å²) in [4.78, 5) is 4.73. The van der Waals surface area contributed by atoms with Crippen LogP contribution in [0.2, 0.25) is 0 Å². The van der Waals surface area contributed by atoms with E-state index in [2.05, 4.69) is 11.2 Å². The third kappa shape index (κ3) is 5.32. The van der Waals surface area contributed by atoms with Gasteiger partial charge in [0.25, 0.3) is 0 Å². The molecule has 0 radical (unpaired) electrons. The Morgan fingerprint density at radius 3 is 2.71 bits per heavy atom. The highest BCUT2D eigenvalue weighted by molar-refractivity contribution is 7.89. The molecule has 0 amide bonds. The minimum absolute atomic E-state index is 0.0310. The van der Waals surface area contributed by atoms with Gasteiger partial charge in [0.2, 0.25) is 10.0 Å². The lowest BCUT2D eigenvalue weighted by molar-refractivity contribution is 0.302. The lowest BCUT2D eigenvalue weighted by atomic mass is 9.93. The van der Waals surface area contributed by atoms with Crippen molar-refractivity contribution in [2.75, 3.05) is 25.4 Å². The second kappa shape index (κ2) is 9.20. The number of hydrogen-bond donors (Lipinski definition) is 0. The van der Waals surface area contributed by atoms with Crippen molar-refractivity contribution in [3.8, 4) is 16.9 Å². The molecule has 31 heavy (non-hydrogen) atoms. The Morgan fingerprint density at radius 1 is 1.16 bits per heavy atom. The molecule has 3 heterocycles. The fourth-order valence-electron chi connectivity index (χ4n) is 3.99. The van der Waals surface area contributed by atoms with E-state index >= 15 is 0 Å². The molecule has 7 nitrogen and oxygen atoms in total. The average molecular weight is 441 g/mol. The zero-order chi connectivity index (χ0) is 21.8. The molecule has 3 aromatic rings. The van der Waals surface area contributed by atoms with Crippen LogP contribution in [0.25, 0.3) is 11.1 Å². The van der Waals surface area contributed by atoms with Crippen molar-refractivity contribution in [3.05, 3.63) is 66.2 Å². The molecular weight excluding hydrogens is 412 g/mol. The molecule has 1 fully saturated rings. The summed E-state index contributed by atoms with van der Waals surface area (Å²) in [5.74, 6) is 0.728. The molecule has 0 spiro atoms. The Morgan fingerprint density at radius 2 is 1.97 bits per heavy atom. The van der Waals surface area contributed by atoms with E-state index in [1.165, 1.54) is 0 Å². The maximum Gasteiger partial charge on any atom is 0.217 e. The van der Waals surface area contributed by atoms with Crippen LogP contribution in [0.1, 0.15) is 30.1 Å². The number of benzene rings is 1. The SMILES string of the molecule is Cc1cc(-c2cnn(C)c2)cc(C2CCCN(S(=O)(=O)CCOc3ccccc3)C2)n1. The highest BCUT2D eigenvalue weighted by Crippen LogP contribution is 2.30. The van der Waals surface area contributed by atoms with Crippen LogP contribution in [0.3, 0.4) is 0 Å². The van der Waals surface area contributed by atoms with Gasteiger partial charge in [0.05, 0.1) is 11.9 Å². The van der Waals surface area contributed by atoms with Gasteiger partial charge in [0, 0.05) is 49.2 Å². The largest absolute Gasteiger partial charge is 0.492 e. The predicted molar refractivity (Wildman–Crippen MR) is 120 cm³/mol.